The Morgan fingerprint density at radius 2 is 1.84 bits per heavy atom. The third-order valence-electron chi connectivity index (χ3n) is 5.21. The number of pyridine rings is 1. The molecule has 0 saturated carbocycles. The second kappa shape index (κ2) is 9.69. The average molecular weight is 458 g/mol. The highest BCUT2D eigenvalue weighted by atomic mass is 35.5. The number of aliphatic hydroxyl groups is 1. The Balaban J connectivity index is 2.06. The van der Waals surface area contributed by atoms with Crippen molar-refractivity contribution in [3.05, 3.63) is 76.4 Å². The van der Waals surface area contributed by atoms with Gasteiger partial charge < -0.3 is 15.3 Å². The maximum absolute atomic E-state index is 13.6. The molecule has 0 unspecified atom stereocenters. The summed E-state index contributed by atoms with van der Waals surface area (Å²) in [6.07, 6.45) is 1.64. The number of anilines is 2. The fraction of sp³-hybridized carbons (Fsp3) is 0.250. The molecule has 0 aliphatic carbocycles. The molecule has 0 radical (unpaired) electrons. The first-order valence-corrected chi connectivity index (χ1v) is 10.6. The molecule has 0 atom stereocenters. The molecule has 0 bridgehead atoms. The van der Waals surface area contributed by atoms with Gasteiger partial charge in [-0.05, 0) is 43.7 Å². The predicted octanol–water partition coefficient (Wildman–Crippen LogP) is 5.40. The molecule has 1 heterocycles. The quantitative estimate of drug-likeness (QED) is 0.498. The number of carbonyl (C=O) groups is 1. The van der Waals surface area contributed by atoms with Gasteiger partial charge in [-0.2, -0.15) is 0 Å². The molecule has 1 aromatic heterocycles. The molecular weight excluding hydrogens is 433 g/mol. The molecule has 7 heteroatoms. The van der Waals surface area contributed by atoms with Gasteiger partial charge in [-0.25, -0.2) is 4.98 Å². The van der Waals surface area contributed by atoms with Gasteiger partial charge in [0.2, 0.25) is 5.91 Å². The van der Waals surface area contributed by atoms with Gasteiger partial charge in [-0.15, -0.1) is 0 Å². The number of nitrogens with zero attached hydrogens (tertiary/aromatic N) is 2. The van der Waals surface area contributed by atoms with Crippen LogP contribution >= 0.6 is 23.2 Å². The minimum Gasteiger partial charge on any atom is -0.395 e. The molecule has 3 rings (SSSR count). The van der Waals surface area contributed by atoms with E-state index in [1.807, 2.05) is 56.3 Å². The van der Waals surface area contributed by atoms with E-state index in [2.05, 4.69) is 10.3 Å². The Morgan fingerprint density at radius 3 is 2.52 bits per heavy atom. The molecule has 0 saturated heterocycles. The summed E-state index contributed by atoms with van der Waals surface area (Å²) in [6, 6.07) is 16.6. The lowest BCUT2D eigenvalue weighted by atomic mass is 9.83. The Morgan fingerprint density at radius 1 is 1.10 bits per heavy atom. The number of benzene rings is 2. The molecule has 0 fully saturated rings. The van der Waals surface area contributed by atoms with E-state index < -0.39 is 5.41 Å². The van der Waals surface area contributed by atoms with Gasteiger partial charge in [0.1, 0.15) is 5.82 Å². The van der Waals surface area contributed by atoms with Gasteiger partial charge >= 0.3 is 0 Å². The summed E-state index contributed by atoms with van der Waals surface area (Å²) in [5.41, 5.74) is 2.19. The largest absolute Gasteiger partial charge is 0.395 e. The van der Waals surface area contributed by atoms with Crippen LogP contribution in [0.5, 0.6) is 0 Å². The summed E-state index contributed by atoms with van der Waals surface area (Å²) in [4.78, 5) is 19.6. The number of likely N-dealkylation sites (N-methyl/N-ethyl adjacent to an activating group) is 1. The van der Waals surface area contributed by atoms with Crippen molar-refractivity contribution in [3.8, 4) is 11.1 Å². The molecule has 3 aromatic rings. The molecule has 0 spiro atoms. The van der Waals surface area contributed by atoms with E-state index in [1.165, 1.54) is 0 Å². The highest BCUT2D eigenvalue weighted by molar-refractivity contribution is 6.33. The number of nitrogens with one attached hydrogen (secondary N) is 1. The van der Waals surface area contributed by atoms with Crippen LogP contribution in [0.1, 0.15) is 19.4 Å². The number of halogens is 2. The molecule has 5 nitrogen and oxygen atoms in total. The van der Waals surface area contributed by atoms with Crippen molar-refractivity contribution in [1.82, 2.24) is 4.98 Å². The molecular formula is C24H25Cl2N3O2. The summed E-state index contributed by atoms with van der Waals surface area (Å²) in [5.74, 6) is 0.476. The van der Waals surface area contributed by atoms with Gasteiger partial charge in [0.25, 0.3) is 0 Å². The van der Waals surface area contributed by atoms with Crippen molar-refractivity contribution in [2.75, 3.05) is 30.4 Å². The Bertz CT molecular complexity index is 1090. The molecule has 0 aliphatic heterocycles. The van der Waals surface area contributed by atoms with Crippen molar-refractivity contribution in [2.45, 2.75) is 19.3 Å². The van der Waals surface area contributed by atoms with Crippen molar-refractivity contribution in [3.63, 3.8) is 0 Å². The summed E-state index contributed by atoms with van der Waals surface area (Å²) in [6.45, 7) is 4.09. The predicted molar refractivity (Wildman–Crippen MR) is 128 cm³/mol. The van der Waals surface area contributed by atoms with Crippen LogP contribution < -0.4 is 10.2 Å². The van der Waals surface area contributed by atoms with Crippen LogP contribution in [0.4, 0.5) is 11.5 Å². The highest BCUT2D eigenvalue weighted by Gasteiger charge is 2.34. The van der Waals surface area contributed by atoms with Crippen LogP contribution in [0.25, 0.3) is 11.1 Å². The smallest absolute Gasteiger partial charge is 0.236 e. The monoisotopic (exact) mass is 457 g/mol. The van der Waals surface area contributed by atoms with E-state index in [0.29, 0.717) is 28.1 Å². The van der Waals surface area contributed by atoms with E-state index in [0.717, 1.165) is 16.7 Å². The normalized spacial score (nSPS) is 11.3. The van der Waals surface area contributed by atoms with Crippen LogP contribution in [-0.2, 0) is 10.2 Å². The number of hydrogen-bond acceptors (Lipinski definition) is 4. The summed E-state index contributed by atoms with van der Waals surface area (Å²) < 4.78 is 0. The lowest BCUT2D eigenvalue weighted by molar-refractivity contribution is -0.122. The van der Waals surface area contributed by atoms with Crippen LogP contribution in [0.3, 0.4) is 0 Å². The van der Waals surface area contributed by atoms with Crippen LogP contribution in [0.2, 0.25) is 10.0 Å². The van der Waals surface area contributed by atoms with Crippen LogP contribution in [0, 0.1) is 0 Å². The third kappa shape index (κ3) is 5.01. The Labute approximate surface area is 192 Å². The maximum atomic E-state index is 13.6. The van der Waals surface area contributed by atoms with Gasteiger partial charge in [0.05, 0.1) is 23.9 Å². The van der Waals surface area contributed by atoms with Crippen molar-refractivity contribution in [1.29, 1.82) is 0 Å². The SMILES string of the molecule is CN(C(=O)C(C)(C)c1cccc(Cl)c1)c1cnc(NCCO)cc1-c1ccccc1Cl. The van der Waals surface area contributed by atoms with Crippen LogP contribution in [-0.4, -0.2) is 36.2 Å². The number of aliphatic hydroxyl groups excluding tert-OH is 1. The third-order valence-corrected chi connectivity index (χ3v) is 5.78. The summed E-state index contributed by atoms with van der Waals surface area (Å²) in [7, 11) is 1.73. The molecule has 2 aromatic carbocycles. The van der Waals surface area contributed by atoms with Crippen molar-refractivity contribution in [2.24, 2.45) is 0 Å². The fourth-order valence-corrected chi connectivity index (χ4v) is 3.85. The first-order chi connectivity index (χ1) is 14.8. The summed E-state index contributed by atoms with van der Waals surface area (Å²) in [5, 5.41) is 13.3. The lowest BCUT2D eigenvalue weighted by Gasteiger charge is -2.31. The Kier molecular flexibility index (Phi) is 7.21. The average Bonchev–Trinajstić information content (AvgIpc) is 2.77. The van der Waals surface area contributed by atoms with E-state index in [9.17, 15) is 4.79 Å². The minimum absolute atomic E-state index is 0.0168. The lowest BCUT2D eigenvalue weighted by Crippen LogP contribution is -2.41. The van der Waals surface area contributed by atoms with Gasteiger partial charge in [0.15, 0.2) is 0 Å². The van der Waals surface area contributed by atoms with Crippen molar-refractivity contribution < 1.29 is 9.90 Å². The highest BCUT2D eigenvalue weighted by Crippen LogP contribution is 2.38. The molecule has 2 N–H and O–H groups in total. The number of amides is 1. The second-order valence-electron chi connectivity index (χ2n) is 7.72. The van der Waals surface area contributed by atoms with E-state index in [1.54, 1.807) is 30.3 Å². The zero-order valence-corrected chi connectivity index (χ0v) is 19.2. The summed E-state index contributed by atoms with van der Waals surface area (Å²) >= 11 is 12.6. The van der Waals surface area contributed by atoms with Gasteiger partial charge in [0, 0.05) is 34.8 Å². The molecule has 0 aliphatic rings. The van der Waals surface area contributed by atoms with Crippen LogP contribution in [0.15, 0.2) is 60.8 Å². The Hall–Kier alpha value is -2.60. The second-order valence-corrected chi connectivity index (χ2v) is 8.56. The first kappa shape index (κ1) is 23.1. The van der Waals surface area contributed by atoms with Crippen molar-refractivity contribution >= 4 is 40.6 Å². The van der Waals surface area contributed by atoms with Gasteiger partial charge in [-0.3, -0.25) is 4.79 Å². The minimum atomic E-state index is -0.814. The van der Waals surface area contributed by atoms with E-state index >= 15 is 0 Å². The molecule has 31 heavy (non-hydrogen) atoms. The zero-order valence-electron chi connectivity index (χ0n) is 17.7. The first-order valence-electron chi connectivity index (χ1n) is 9.89. The topological polar surface area (TPSA) is 65.5 Å². The molecule has 162 valence electrons. The van der Waals surface area contributed by atoms with Gasteiger partial charge in [-0.1, -0.05) is 53.5 Å². The zero-order chi connectivity index (χ0) is 22.6. The number of hydrogen-bond donors (Lipinski definition) is 2. The van der Waals surface area contributed by atoms with E-state index in [-0.39, 0.29) is 12.5 Å². The number of aromatic nitrogens is 1. The van der Waals surface area contributed by atoms with E-state index in [4.69, 9.17) is 28.3 Å². The fourth-order valence-electron chi connectivity index (χ4n) is 3.42. The standard InChI is InChI=1S/C24H25Cl2N3O2/c1-24(2,16-7-6-8-17(25)13-16)23(31)29(3)21-15-28-22(27-11-12-30)14-19(21)18-9-4-5-10-20(18)26/h4-10,13-15,30H,11-12H2,1-3H3,(H,27,28). The molecule has 1 amide bonds. The number of rotatable bonds is 7. The maximum Gasteiger partial charge on any atom is 0.236 e. The number of carbonyl (C=O) groups excluding carboxylic acids is 1.